The minimum Gasteiger partial charge on any atom is -0.336 e. The average molecular weight is 245 g/mol. The first kappa shape index (κ1) is 13.1. The molecule has 2 heteroatoms. The molecule has 0 radical (unpaired) electrons. The molecular formula is C16H23NO. The quantitative estimate of drug-likeness (QED) is 0.793. The second-order valence-corrected chi connectivity index (χ2v) is 5.83. The number of hydrogen-bond acceptors (Lipinski definition) is 1. The largest absolute Gasteiger partial charge is 0.336 e. The van der Waals surface area contributed by atoms with Gasteiger partial charge in [-0.05, 0) is 30.7 Å². The fourth-order valence-electron chi connectivity index (χ4n) is 2.92. The molecule has 2 rings (SSSR count). The van der Waals surface area contributed by atoms with E-state index in [2.05, 4.69) is 32.9 Å². The molecule has 0 spiro atoms. The summed E-state index contributed by atoms with van der Waals surface area (Å²) in [6, 6.07) is 10.5. The summed E-state index contributed by atoms with van der Waals surface area (Å²) in [4.78, 5) is 14.2. The summed E-state index contributed by atoms with van der Waals surface area (Å²) < 4.78 is 0. The van der Waals surface area contributed by atoms with E-state index in [9.17, 15) is 4.79 Å². The Balaban J connectivity index is 2.04. The van der Waals surface area contributed by atoms with Crippen LogP contribution in [0.15, 0.2) is 30.3 Å². The lowest BCUT2D eigenvalue weighted by Crippen LogP contribution is -2.28. The number of nitrogens with zero attached hydrogens (tertiary/aromatic N) is 1. The maximum Gasteiger partial charge on any atom is 0.223 e. The molecule has 1 saturated heterocycles. The van der Waals surface area contributed by atoms with Crippen LogP contribution in [-0.2, 0) is 4.79 Å². The van der Waals surface area contributed by atoms with Gasteiger partial charge in [0.2, 0.25) is 5.91 Å². The molecule has 0 aliphatic carbocycles. The van der Waals surface area contributed by atoms with Gasteiger partial charge in [0.1, 0.15) is 0 Å². The van der Waals surface area contributed by atoms with Gasteiger partial charge in [-0.25, -0.2) is 0 Å². The Bertz CT molecular complexity index is 399. The third kappa shape index (κ3) is 2.92. The highest BCUT2D eigenvalue weighted by Crippen LogP contribution is 2.31. The number of benzene rings is 1. The van der Waals surface area contributed by atoms with Crippen LogP contribution in [0.3, 0.4) is 0 Å². The summed E-state index contributed by atoms with van der Waals surface area (Å²) in [5.41, 5.74) is 1.23. The first-order chi connectivity index (χ1) is 8.58. The van der Waals surface area contributed by atoms with Gasteiger partial charge in [-0.1, -0.05) is 44.2 Å². The fraction of sp³-hybridized carbons (Fsp3) is 0.562. The van der Waals surface area contributed by atoms with Crippen molar-refractivity contribution in [1.82, 2.24) is 4.90 Å². The fourth-order valence-corrected chi connectivity index (χ4v) is 2.92. The van der Waals surface area contributed by atoms with Crippen molar-refractivity contribution < 1.29 is 4.79 Å². The molecule has 0 saturated carbocycles. The van der Waals surface area contributed by atoms with Crippen LogP contribution in [0, 0.1) is 11.8 Å². The highest BCUT2D eigenvalue weighted by atomic mass is 16.2. The molecule has 18 heavy (non-hydrogen) atoms. The first-order valence-corrected chi connectivity index (χ1v) is 6.92. The van der Waals surface area contributed by atoms with Gasteiger partial charge in [-0.2, -0.15) is 0 Å². The molecule has 98 valence electrons. The maximum absolute atomic E-state index is 12.1. The topological polar surface area (TPSA) is 20.3 Å². The molecule has 1 heterocycles. The molecule has 2 unspecified atom stereocenters. The maximum atomic E-state index is 12.1. The van der Waals surface area contributed by atoms with E-state index in [0.717, 1.165) is 19.4 Å². The van der Waals surface area contributed by atoms with E-state index in [1.165, 1.54) is 5.56 Å². The molecule has 0 N–H and O–H groups in total. The van der Waals surface area contributed by atoms with E-state index in [4.69, 9.17) is 0 Å². The van der Waals surface area contributed by atoms with E-state index < -0.39 is 0 Å². The van der Waals surface area contributed by atoms with Gasteiger partial charge < -0.3 is 4.90 Å². The van der Waals surface area contributed by atoms with Crippen molar-refractivity contribution >= 4 is 5.91 Å². The van der Waals surface area contributed by atoms with Gasteiger partial charge in [-0.3, -0.25) is 4.79 Å². The Labute approximate surface area is 110 Å². The molecule has 2 atom stereocenters. The number of likely N-dealkylation sites (tertiary alicyclic amines) is 1. The molecule has 1 aliphatic heterocycles. The van der Waals surface area contributed by atoms with Gasteiger partial charge in [0.05, 0.1) is 6.04 Å². The summed E-state index contributed by atoms with van der Waals surface area (Å²) >= 11 is 0. The van der Waals surface area contributed by atoms with Crippen LogP contribution in [0.25, 0.3) is 0 Å². The lowest BCUT2D eigenvalue weighted by atomic mass is 9.96. The van der Waals surface area contributed by atoms with Crippen molar-refractivity contribution in [2.75, 3.05) is 6.54 Å². The third-order valence-electron chi connectivity index (χ3n) is 3.79. The highest BCUT2D eigenvalue weighted by molar-refractivity contribution is 5.79. The molecule has 2 nitrogen and oxygen atoms in total. The lowest BCUT2D eigenvalue weighted by Gasteiger charge is -2.25. The van der Waals surface area contributed by atoms with E-state index in [-0.39, 0.29) is 6.04 Å². The average Bonchev–Trinajstić information content (AvgIpc) is 2.69. The molecule has 1 aromatic rings. The zero-order chi connectivity index (χ0) is 13.1. The predicted octanol–water partition coefficient (Wildman–Crippen LogP) is 3.64. The summed E-state index contributed by atoms with van der Waals surface area (Å²) in [5.74, 6) is 1.54. The number of rotatable bonds is 4. The Morgan fingerprint density at radius 1 is 1.22 bits per heavy atom. The molecular weight excluding hydrogens is 222 g/mol. The molecule has 0 aromatic heterocycles. The number of amides is 1. The zero-order valence-corrected chi connectivity index (χ0v) is 11.6. The van der Waals surface area contributed by atoms with E-state index in [1.54, 1.807) is 0 Å². The first-order valence-electron chi connectivity index (χ1n) is 6.92. The summed E-state index contributed by atoms with van der Waals surface area (Å²) in [7, 11) is 0. The van der Waals surface area contributed by atoms with Crippen molar-refractivity contribution in [1.29, 1.82) is 0 Å². The second kappa shape index (κ2) is 5.55. The van der Waals surface area contributed by atoms with Crippen molar-refractivity contribution in [3.05, 3.63) is 35.9 Å². The van der Waals surface area contributed by atoms with Crippen molar-refractivity contribution in [2.45, 2.75) is 39.7 Å². The number of carbonyl (C=O) groups excluding carboxylic acids is 1. The Morgan fingerprint density at radius 2 is 1.89 bits per heavy atom. The van der Waals surface area contributed by atoms with Gasteiger partial charge in [0, 0.05) is 13.0 Å². The number of carbonyl (C=O) groups is 1. The second-order valence-electron chi connectivity index (χ2n) is 5.83. The smallest absolute Gasteiger partial charge is 0.223 e. The standard InChI is InChI=1S/C16H23NO/c1-12(2)9-14-10-16(18)17(11-14)13(3)15-7-5-4-6-8-15/h4-8,12-14H,9-11H2,1-3H3. The molecule has 1 aliphatic rings. The van der Waals surface area contributed by atoms with Crippen LogP contribution in [0.2, 0.25) is 0 Å². The van der Waals surface area contributed by atoms with Crippen LogP contribution in [0.1, 0.15) is 45.2 Å². The van der Waals surface area contributed by atoms with Crippen molar-refractivity contribution in [2.24, 2.45) is 11.8 Å². The van der Waals surface area contributed by atoms with Gasteiger partial charge >= 0.3 is 0 Å². The number of hydrogen-bond donors (Lipinski definition) is 0. The Hall–Kier alpha value is -1.31. The van der Waals surface area contributed by atoms with Crippen molar-refractivity contribution in [3.63, 3.8) is 0 Å². The molecule has 1 fully saturated rings. The highest BCUT2D eigenvalue weighted by Gasteiger charge is 2.33. The van der Waals surface area contributed by atoms with E-state index in [0.29, 0.717) is 17.7 Å². The van der Waals surface area contributed by atoms with Crippen molar-refractivity contribution in [3.8, 4) is 0 Å². The predicted molar refractivity (Wildman–Crippen MR) is 74.1 cm³/mol. The van der Waals surface area contributed by atoms with Gasteiger partial charge in [0.15, 0.2) is 0 Å². The third-order valence-corrected chi connectivity index (χ3v) is 3.79. The van der Waals surface area contributed by atoms with E-state index in [1.807, 2.05) is 23.1 Å². The van der Waals surface area contributed by atoms with Crippen LogP contribution in [-0.4, -0.2) is 17.4 Å². The molecule has 1 amide bonds. The van der Waals surface area contributed by atoms with Crippen LogP contribution >= 0.6 is 0 Å². The van der Waals surface area contributed by atoms with Crippen LogP contribution < -0.4 is 0 Å². The normalized spacial score (nSPS) is 21.7. The molecule has 1 aromatic carbocycles. The van der Waals surface area contributed by atoms with E-state index >= 15 is 0 Å². The monoisotopic (exact) mass is 245 g/mol. The zero-order valence-electron chi connectivity index (χ0n) is 11.6. The van der Waals surface area contributed by atoms with Gasteiger partial charge in [-0.15, -0.1) is 0 Å². The Kier molecular flexibility index (Phi) is 4.05. The SMILES string of the molecule is CC(C)CC1CC(=O)N(C(C)c2ccccc2)C1. The summed E-state index contributed by atoms with van der Waals surface area (Å²) in [6.07, 6.45) is 1.89. The Morgan fingerprint density at radius 3 is 2.50 bits per heavy atom. The summed E-state index contributed by atoms with van der Waals surface area (Å²) in [6.45, 7) is 7.51. The van der Waals surface area contributed by atoms with Crippen LogP contribution in [0.5, 0.6) is 0 Å². The minimum atomic E-state index is 0.205. The lowest BCUT2D eigenvalue weighted by molar-refractivity contribution is -0.129. The molecule has 0 bridgehead atoms. The van der Waals surface area contributed by atoms with Crippen LogP contribution in [0.4, 0.5) is 0 Å². The summed E-state index contributed by atoms with van der Waals surface area (Å²) in [5, 5.41) is 0. The minimum absolute atomic E-state index is 0.205. The van der Waals surface area contributed by atoms with Gasteiger partial charge in [0.25, 0.3) is 0 Å².